The normalized spacial score (nSPS) is 21.4. The molecule has 192 valence electrons. The van der Waals surface area contributed by atoms with Crippen LogP contribution in [0.15, 0.2) is 60.1 Å². The zero-order valence-electron chi connectivity index (χ0n) is 20.9. The third-order valence-electron chi connectivity index (χ3n) is 7.55. The van der Waals surface area contributed by atoms with E-state index >= 15 is 0 Å². The van der Waals surface area contributed by atoms with Crippen LogP contribution in [0.2, 0.25) is 0 Å². The number of amides is 1. The molecule has 0 bridgehead atoms. The number of ether oxygens (including phenoxy) is 1. The Labute approximate surface area is 220 Å². The van der Waals surface area contributed by atoms with Crippen LogP contribution in [-0.2, 0) is 9.59 Å². The van der Waals surface area contributed by atoms with Crippen molar-refractivity contribution in [2.24, 2.45) is 17.8 Å². The van der Waals surface area contributed by atoms with Crippen LogP contribution in [0.25, 0.3) is 22.4 Å². The number of carboxylic acids is 1. The highest BCUT2D eigenvalue weighted by atomic mass is 32.1. The van der Waals surface area contributed by atoms with Gasteiger partial charge < -0.3 is 9.84 Å². The summed E-state index contributed by atoms with van der Waals surface area (Å²) in [5.41, 5.74) is 3.64. The minimum absolute atomic E-state index is 0.0490. The van der Waals surface area contributed by atoms with Crippen molar-refractivity contribution in [3.63, 3.8) is 0 Å². The van der Waals surface area contributed by atoms with Gasteiger partial charge in [-0.1, -0.05) is 62.1 Å². The third kappa shape index (κ3) is 5.44. The van der Waals surface area contributed by atoms with Gasteiger partial charge in [-0.2, -0.15) is 0 Å². The maximum atomic E-state index is 13.9. The van der Waals surface area contributed by atoms with Gasteiger partial charge in [-0.05, 0) is 29.9 Å². The van der Waals surface area contributed by atoms with Gasteiger partial charge in [0.15, 0.2) is 5.13 Å². The minimum atomic E-state index is -0.923. The summed E-state index contributed by atoms with van der Waals surface area (Å²) in [6.45, 7) is 0.392. The van der Waals surface area contributed by atoms with Gasteiger partial charge in [0.1, 0.15) is 0 Å². The highest BCUT2D eigenvalue weighted by Crippen LogP contribution is 2.41. The van der Waals surface area contributed by atoms with E-state index in [2.05, 4.69) is 11.1 Å². The fraction of sp³-hybridized carbons (Fsp3) is 0.379. The number of benzene rings is 1. The molecule has 37 heavy (non-hydrogen) atoms. The van der Waals surface area contributed by atoms with Crippen molar-refractivity contribution in [3.05, 3.63) is 60.1 Å². The van der Waals surface area contributed by atoms with Crippen LogP contribution in [0, 0.1) is 17.8 Å². The third-order valence-corrected chi connectivity index (χ3v) is 8.41. The lowest BCUT2D eigenvalue weighted by molar-refractivity contribution is -0.142. The zero-order valence-corrected chi connectivity index (χ0v) is 21.7. The maximum absolute atomic E-state index is 13.9. The number of carbonyl (C=O) groups excluding carboxylic acids is 1. The van der Waals surface area contributed by atoms with E-state index in [4.69, 9.17) is 9.72 Å². The molecule has 1 aliphatic heterocycles. The zero-order chi connectivity index (χ0) is 25.8. The quantitative estimate of drug-likeness (QED) is 0.382. The van der Waals surface area contributed by atoms with E-state index < -0.39 is 11.9 Å². The molecule has 0 spiro atoms. The fourth-order valence-electron chi connectivity index (χ4n) is 5.71. The van der Waals surface area contributed by atoms with Crippen LogP contribution in [0.1, 0.15) is 38.5 Å². The Morgan fingerprint density at radius 3 is 2.62 bits per heavy atom. The second kappa shape index (κ2) is 11.3. The fourth-order valence-corrected chi connectivity index (χ4v) is 6.55. The van der Waals surface area contributed by atoms with Crippen molar-refractivity contribution in [1.82, 2.24) is 9.97 Å². The topological polar surface area (TPSA) is 92.6 Å². The molecule has 2 atom stereocenters. The number of carbonyl (C=O) groups is 2. The van der Waals surface area contributed by atoms with E-state index in [1.807, 2.05) is 47.9 Å². The van der Waals surface area contributed by atoms with Crippen molar-refractivity contribution in [3.8, 4) is 28.3 Å². The molecule has 3 heterocycles. The molecule has 2 aliphatic rings. The average molecular weight is 518 g/mol. The molecular weight excluding hydrogens is 486 g/mol. The number of hydrogen-bond acceptors (Lipinski definition) is 6. The molecular formula is C29H31N3O4S. The predicted octanol–water partition coefficient (Wildman–Crippen LogP) is 6.07. The van der Waals surface area contributed by atoms with Gasteiger partial charge in [0.05, 0.1) is 25.1 Å². The van der Waals surface area contributed by atoms with Crippen molar-refractivity contribution in [1.29, 1.82) is 0 Å². The van der Waals surface area contributed by atoms with Crippen LogP contribution >= 0.6 is 11.3 Å². The summed E-state index contributed by atoms with van der Waals surface area (Å²) in [5, 5.41) is 12.2. The number of aliphatic carboxylic acids is 1. The number of carboxylic acid groups (broad SMARTS) is 1. The Morgan fingerprint density at radius 2 is 1.92 bits per heavy atom. The first kappa shape index (κ1) is 25.1. The first-order valence-electron chi connectivity index (χ1n) is 12.8. The molecule has 1 N–H and O–H groups in total. The van der Waals surface area contributed by atoms with Crippen molar-refractivity contribution < 1.29 is 19.4 Å². The number of rotatable bonds is 7. The summed E-state index contributed by atoms with van der Waals surface area (Å²) in [5.74, 6) is -0.601. The number of anilines is 1. The average Bonchev–Trinajstić information content (AvgIpc) is 3.62. The molecule has 1 aromatic carbocycles. The van der Waals surface area contributed by atoms with Gasteiger partial charge in [-0.15, -0.1) is 11.3 Å². The van der Waals surface area contributed by atoms with E-state index in [0.29, 0.717) is 23.5 Å². The monoisotopic (exact) mass is 517 g/mol. The molecule has 0 radical (unpaired) electrons. The highest BCUT2D eigenvalue weighted by Gasteiger charge is 2.39. The molecule has 2 aromatic heterocycles. The Bertz CT molecular complexity index is 1280. The Morgan fingerprint density at radius 1 is 1.14 bits per heavy atom. The predicted molar refractivity (Wildman–Crippen MR) is 145 cm³/mol. The number of methoxy groups -OCH3 is 1. The first-order chi connectivity index (χ1) is 18.0. The van der Waals surface area contributed by atoms with Crippen molar-refractivity contribution in [2.75, 3.05) is 18.6 Å². The summed E-state index contributed by atoms with van der Waals surface area (Å²) in [6, 6.07) is 11.8. The number of hydrogen-bond donors (Lipinski definition) is 1. The number of thiazole rings is 1. The molecule has 3 aromatic rings. The minimum Gasteiger partial charge on any atom is -0.481 e. The van der Waals surface area contributed by atoms with E-state index in [9.17, 15) is 14.7 Å². The molecule has 1 saturated carbocycles. The van der Waals surface area contributed by atoms with E-state index in [1.165, 1.54) is 11.3 Å². The molecule has 0 unspecified atom stereocenters. The van der Waals surface area contributed by atoms with Crippen LogP contribution in [0.5, 0.6) is 5.88 Å². The second-order valence-electron chi connectivity index (χ2n) is 9.72. The lowest BCUT2D eigenvalue weighted by Gasteiger charge is -2.34. The molecule has 1 fully saturated rings. The van der Waals surface area contributed by atoms with Crippen LogP contribution in [0.4, 0.5) is 5.13 Å². The maximum Gasteiger partial charge on any atom is 0.304 e. The number of pyridine rings is 1. The standard InChI is InChI=1S/C29H31N3O4S/c1-36-26-14-13-20(17-30-26)22-10-4-5-12-23(22)25-18-37-29(31-25)32-15-7-6-11-21(19-8-2-3-9-19)24(28(32)35)16-27(33)34/h4-7,10,12-14,17-19,21,24H,2-3,8-9,11,15-16H2,1H3,(H,33,34)/b7-6-/t21-,24+/m1/s1. The number of allylic oxidation sites excluding steroid dienone is 1. The Kier molecular flexibility index (Phi) is 7.65. The molecule has 7 nitrogen and oxygen atoms in total. The SMILES string of the molecule is COc1ccc(-c2ccccc2-c2csc(N3C/C=C\C[C@H](C4CCCC4)[C@H](CC(=O)O)C3=O)n2)cn1. The molecule has 5 rings (SSSR count). The number of aromatic nitrogens is 2. The van der Waals surface area contributed by atoms with Crippen molar-refractivity contribution >= 4 is 28.3 Å². The van der Waals surface area contributed by atoms with Gasteiger partial charge in [0.25, 0.3) is 0 Å². The van der Waals surface area contributed by atoms with Gasteiger partial charge in [0, 0.05) is 35.3 Å². The van der Waals surface area contributed by atoms with E-state index in [1.54, 1.807) is 18.2 Å². The summed E-state index contributed by atoms with van der Waals surface area (Å²) < 4.78 is 5.19. The molecule has 0 saturated heterocycles. The molecule has 1 amide bonds. The van der Waals surface area contributed by atoms with Crippen LogP contribution < -0.4 is 9.64 Å². The summed E-state index contributed by atoms with van der Waals surface area (Å²) in [7, 11) is 1.59. The van der Waals surface area contributed by atoms with E-state index in [-0.39, 0.29) is 18.2 Å². The van der Waals surface area contributed by atoms with Gasteiger partial charge >= 0.3 is 5.97 Å². The summed E-state index contributed by atoms with van der Waals surface area (Å²) in [6.07, 6.45) is 11.0. The lowest BCUT2D eigenvalue weighted by Crippen LogP contribution is -2.43. The highest BCUT2D eigenvalue weighted by molar-refractivity contribution is 7.14. The Balaban J connectivity index is 1.46. The lowest BCUT2D eigenvalue weighted by atomic mass is 9.75. The summed E-state index contributed by atoms with van der Waals surface area (Å²) in [4.78, 5) is 36.6. The molecule has 1 aliphatic carbocycles. The second-order valence-corrected chi connectivity index (χ2v) is 10.6. The van der Waals surface area contributed by atoms with Gasteiger partial charge in [0.2, 0.25) is 11.8 Å². The van der Waals surface area contributed by atoms with Crippen molar-refractivity contribution in [2.45, 2.75) is 38.5 Å². The summed E-state index contributed by atoms with van der Waals surface area (Å²) >= 11 is 1.41. The van der Waals surface area contributed by atoms with Crippen LogP contribution in [0.3, 0.4) is 0 Å². The van der Waals surface area contributed by atoms with Gasteiger partial charge in [-0.25, -0.2) is 9.97 Å². The Hall–Kier alpha value is -3.52. The molecule has 8 heteroatoms. The van der Waals surface area contributed by atoms with Gasteiger partial charge in [-0.3, -0.25) is 14.5 Å². The van der Waals surface area contributed by atoms with E-state index in [0.717, 1.165) is 54.5 Å². The largest absolute Gasteiger partial charge is 0.481 e. The first-order valence-corrected chi connectivity index (χ1v) is 13.7. The smallest absolute Gasteiger partial charge is 0.304 e. The number of nitrogens with zero attached hydrogens (tertiary/aromatic N) is 3. The van der Waals surface area contributed by atoms with Crippen LogP contribution in [-0.4, -0.2) is 40.6 Å².